The predicted molar refractivity (Wildman–Crippen MR) is 82.9 cm³/mol. The lowest BCUT2D eigenvalue weighted by Crippen LogP contribution is -2.34. The van der Waals surface area contributed by atoms with Gasteiger partial charge in [0.1, 0.15) is 0 Å². The molecule has 0 unspecified atom stereocenters. The number of rotatable bonds is 6. The molecule has 0 saturated carbocycles. The Bertz CT molecular complexity index is 730. The summed E-state index contributed by atoms with van der Waals surface area (Å²) in [4.78, 5) is 25.2. The van der Waals surface area contributed by atoms with Gasteiger partial charge in [-0.25, -0.2) is 0 Å². The van der Waals surface area contributed by atoms with Crippen LogP contribution < -0.4 is 10.9 Å². The summed E-state index contributed by atoms with van der Waals surface area (Å²) in [6, 6.07) is 3.14. The molecule has 0 aromatic carbocycles. The predicted octanol–water partition coefficient (Wildman–Crippen LogP) is 0.710. The normalized spacial score (nSPS) is 14.7. The van der Waals surface area contributed by atoms with Crippen LogP contribution in [0.5, 0.6) is 0 Å². The Kier molecular flexibility index (Phi) is 4.61. The number of unbranched alkanes of at least 4 members (excludes halogenated alkanes) is 1. The summed E-state index contributed by atoms with van der Waals surface area (Å²) in [6.07, 6.45) is 2.40. The fourth-order valence-corrected chi connectivity index (χ4v) is 2.69. The second kappa shape index (κ2) is 6.82. The largest absolute Gasteiger partial charge is 0.373 e. The zero-order valence-corrected chi connectivity index (χ0v) is 13.2. The van der Waals surface area contributed by atoms with Crippen LogP contribution in [0.3, 0.4) is 0 Å². The highest BCUT2D eigenvalue weighted by Gasteiger charge is 2.18. The maximum Gasteiger partial charge on any atom is 0.290 e. The Morgan fingerprint density at radius 3 is 3.04 bits per heavy atom. The molecule has 3 rings (SSSR count). The van der Waals surface area contributed by atoms with Gasteiger partial charge in [-0.2, -0.15) is 10.3 Å². The third-order valence-corrected chi connectivity index (χ3v) is 3.93. The highest BCUT2D eigenvalue weighted by Crippen LogP contribution is 2.14. The quantitative estimate of drug-likeness (QED) is 0.817. The van der Waals surface area contributed by atoms with Crippen molar-refractivity contribution in [1.29, 1.82) is 0 Å². The maximum absolute atomic E-state index is 11.8. The van der Waals surface area contributed by atoms with Gasteiger partial charge in [-0.3, -0.25) is 19.2 Å². The van der Waals surface area contributed by atoms with Gasteiger partial charge in [-0.05, 0) is 19.0 Å². The number of aromatic amines is 1. The highest BCUT2D eigenvalue weighted by atomic mass is 16.5. The van der Waals surface area contributed by atoms with Gasteiger partial charge in [0.2, 0.25) is 5.76 Å². The molecule has 23 heavy (non-hydrogen) atoms. The molecule has 3 heterocycles. The number of aromatic nitrogens is 3. The van der Waals surface area contributed by atoms with Crippen molar-refractivity contribution >= 4 is 5.91 Å². The molecule has 0 bridgehead atoms. The summed E-state index contributed by atoms with van der Waals surface area (Å²) in [5.41, 5.74) is 1.55. The van der Waals surface area contributed by atoms with Crippen molar-refractivity contribution in [2.45, 2.75) is 39.4 Å². The van der Waals surface area contributed by atoms with Gasteiger partial charge in [-0.15, -0.1) is 0 Å². The third kappa shape index (κ3) is 3.70. The minimum absolute atomic E-state index is 0.0234. The molecule has 8 nitrogen and oxygen atoms in total. The van der Waals surface area contributed by atoms with E-state index in [1.807, 2.05) is 10.7 Å². The summed E-state index contributed by atoms with van der Waals surface area (Å²) < 4.78 is 6.77. The first-order valence-corrected chi connectivity index (χ1v) is 7.90. The van der Waals surface area contributed by atoms with Crippen molar-refractivity contribution in [3.8, 4) is 0 Å². The van der Waals surface area contributed by atoms with Crippen molar-refractivity contribution in [2.75, 3.05) is 13.1 Å². The van der Waals surface area contributed by atoms with E-state index < -0.39 is 11.5 Å². The lowest BCUT2D eigenvalue weighted by Gasteiger charge is -2.27. The van der Waals surface area contributed by atoms with Gasteiger partial charge in [-0.1, -0.05) is 13.3 Å². The van der Waals surface area contributed by atoms with E-state index in [4.69, 9.17) is 4.52 Å². The van der Waals surface area contributed by atoms with E-state index in [-0.39, 0.29) is 5.76 Å². The van der Waals surface area contributed by atoms with Crippen LogP contribution in [0.4, 0.5) is 0 Å². The van der Waals surface area contributed by atoms with Gasteiger partial charge in [0, 0.05) is 13.1 Å². The maximum atomic E-state index is 11.8. The smallest absolute Gasteiger partial charge is 0.290 e. The van der Waals surface area contributed by atoms with E-state index in [2.05, 4.69) is 27.4 Å². The van der Waals surface area contributed by atoms with Crippen LogP contribution in [-0.2, 0) is 19.6 Å². The fourth-order valence-electron chi connectivity index (χ4n) is 2.69. The van der Waals surface area contributed by atoms with Crippen LogP contribution >= 0.6 is 0 Å². The Labute approximate surface area is 133 Å². The van der Waals surface area contributed by atoms with Gasteiger partial charge in [0.05, 0.1) is 30.5 Å². The molecule has 1 aliphatic rings. The molecule has 1 amide bonds. The second-order valence-electron chi connectivity index (χ2n) is 5.74. The molecule has 2 aromatic rings. The number of carbonyl (C=O) groups is 1. The monoisotopic (exact) mass is 319 g/mol. The molecule has 1 aliphatic heterocycles. The average molecular weight is 319 g/mol. The van der Waals surface area contributed by atoms with Crippen molar-refractivity contribution in [2.24, 2.45) is 0 Å². The first-order chi connectivity index (χ1) is 11.2. The topological polar surface area (TPSA) is 96.2 Å². The SMILES string of the molecule is CCCCN1CCn2nc(CNC(=O)c3cc(=O)[nH]o3)cc2C1. The van der Waals surface area contributed by atoms with E-state index in [0.717, 1.165) is 37.9 Å². The van der Waals surface area contributed by atoms with Crippen molar-refractivity contribution in [1.82, 2.24) is 25.2 Å². The fraction of sp³-hybridized carbons (Fsp3) is 0.533. The van der Waals surface area contributed by atoms with Crippen molar-refractivity contribution in [3.05, 3.63) is 39.6 Å². The molecule has 124 valence electrons. The summed E-state index contributed by atoms with van der Waals surface area (Å²) in [5, 5.41) is 9.31. The summed E-state index contributed by atoms with van der Waals surface area (Å²) in [6.45, 7) is 6.40. The third-order valence-electron chi connectivity index (χ3n) is 3.93. The zero-order chi connectivity index (χ0) is 16.2. The van der Waals surface area contributed by atoms with E-state index in [1.165, 1.54) is 18.5 Å². The molecule has 2 N–H and O–H groups in total. The first kappa shape index (κ1) is 15.5. The number of carbonyl (C=O) groups excluding carboxylic acids is 1. The number of fused-ring (bicyclic) bond motifs is 1. The van der Waals surface area contributed by atoms with E-state index in [0.29, 0.717) is 6.54 Å². The lowest BCUT2D eigenvalue weighted by atomic mass is 10.2. The van der Waals surface area contributed by atoms with Gasteiger partial charge >= 0.3 is 0 Å². The number of nitrogens with one attached hydrogen (secondary N) is 2. The molecule has 2 aromatic heterocycles. The van der Waals surface area contributed by atoms with Crippen LogP contribution in [0.25, 0.3) is 0 Å². The molecule has 0 fully saturated rings. The zero-order valence-electron chi connectivity index (χ0n) is 13.2. The van der Waals surface area contributed by atoms with Crippen molar-refractivity contribution < 1.29 is 9.32 Å². The van der Waals surface area contributed by atoms with Crippen LogP contribution in [0.2, 0.25) is 0 Å². The van der Waals surface area contributed by atoms with Gasteiger partial charge < -0.3 is 9.84 Å². The standard InChI is InChI=1S/C15H21N5O3/c1-2-3-4-19-5-6-20-12(10-19)7-11(17-20)9-16-15(22)13-8-14(21)18-23-13/h7-8H,2-6,9-10H2,1H3,(H,16,22)(H,18,21). The Morgan fingerprint density at radius 1 is 1.43 bits per heavy atom. The minimum atomic E-state index is -0.432. The summed E-state index contributed by atoms with van der Waals surface area (Å²) >= 11 is 0. The summed E-state index contributed by atoms with van der Waals surface area (Å²) in [7, 11) is 0. The minimum Gasteiger partial charge on any atom is -0.373 e. The van der Waals surface area contributed by atoms with E-state index in [9.17, 15) is 9.59 Å². The average Bonchev–Trinajstić information content (AvgIpc) is 3.15. The number of hydrogen-bond acceptors (Lipinski definition) is 5. The van der Waals surface area contributed by atoms with Gasteiger partial charge in [0.25, 0.3) is 11.5 Å². The molecule has 0 spiro atoms. The molecule has 0 radical (unpaired) electrons. The second-order valence-corrected chi connectivity index (χ2v) is 5.74. The first-order valence-electron chi connectivity index (χ1n) is 7.90. The molecule has 0 aliphatic carbocycles. The molecule has 8 heteroatoms. The lowest BCUT2D eigenvalue weighted by molar-refractivity contribution is 0.0913. The van der Waals surface area contributed by atoms with Crippen LogP contribution in [0, 0.1) is 0 Å². The highest BCUT2D eigenvalue weighted by molar-refractivity contribution is 5.91. The number of hydrogen-bond donors (Lipinski definition) is 2. The van der Waals surface area contributed by atoms with Crippen LogP contribution in [0.1, 0.15) is 41.7 Å². The Balaban J connectivity index is 1.57. The van der Waals surface area contributed by atoms with Crippen LogP contribution in [-0.4, -0.2) is 38.8 Å². The van der Waals surface area contributed by atoms with Gasteiger partial charge in [0.15, 0.2) is 0 Å². The Hall–Kier alpha value is -2.35. The molecule has 0 saturated heterocycles. The van der Waals surface area contributed by atoms with Crippen LogP contribution in [0.15, 0.2) is 21.5 Å². The Morgan fingerprint density at radius 2 is 2.30 bits per heavy atom. The number of amides is 1. The molecular weight excluding hydrogens is 298 g/mol. The summed E-state index contributed by atoms with van der Waals surface area (Å²) in [5.74, 6) is -0.455. The molecular formula is C15H21N5O3. The number of H-pyrrole nitrogens is 1. The van der Waals surface area contributed by atoms with E-state index >= 15 is 0 Å². The number of nitrogens with zero attached hydrogens (tertiary/aromatic N) is 3. The molecule has 0 atom stereocenters. The van der Waals surface area contributed by atoms with Crippen molar-refractivity contribution in [3.63, 3.8) is 0 Å². The van der Waals surface area contributed by atoms with E-state index in [1.54, 1.807) is 0 Å².